The Kier molecular flexibility index (Phi) is 2.48. The van der Waals surface area contributed by atoms with Crippen LogP contribution in [0.1, 0.15) is 11.8 Å². The van der Waals surface area contributed by atoms with E-state index in [1.165, 1.54) is 0 Å². The average Bonchev–Trinajstić information content (AvgIpc) is 2.38. The van der Waals surface area contributed by atoms with Crippen molar-refractivity contribution >= 4 is 0 Å². The summed E-state index contributed by atoms with van der Waals surface area (Å²) in [6.45, 7) is 0.744. The molecule has 3 heteroatoms. The molecule has 0 saturated heterocycles. The molecule has 0 bridgehead atoms. The molecular formula is C7H12N2O. The van der Waals surface area contributed by atoms with Crippen LogP contribution >= 0.6 is 0 Å². The number of rotatable bonds is 3. The molecule has 0 aliphatic rings. The van der Waals surface area contributed by atoms with Gasteiger partial charge in [-0.3, -0.25) is 0 Å². The van der Waals surface area contributed by atoms with Gasteiger partial charge in [0.1, 0.15) is 5.76 Å². The van der Waals surface area contributed by atoms with Gasteiger partial charge in [0.25, 0.3) is 0 Å². The lowest BCUT2D eigenvalue weighted by atomic mass is 10.2. The van der Waals surface area contributed by atoms with E-state index in [0.29, 0.717) is 0 Å². The highest BCUT2D eigenvalue weighted by atomic mass is 16.3. The van der Waals surface area contributed by atoms with Crippen molar-refractivity contribution < 1.29 is 4.42 Å². The fraction of sp³-hybridized carbons (Fsp3) is 0.429. The van der Waals surface area contributed by atoms with E-state index in [4.69, 9.17) is 10.2 Å². The van der Waals surface area contributed by atoms with E-state index in [-0.39, 0.29) is 6.04 Å². The van der Waals surface area contributed by atoms with E-state index in [9.17, 15) is 0 Å². The number of hydrogen-bond acceptors (Lipinski definition) is 3. The van der Waals surface area contributed by atoms with Crippen molar-refractivity contribution in [3.05, 3.63) is 24.2 Å². The van der Waals surface area contributed by atoms with E-state index >= 15 is 0 Å². The van der Waals surface area contributed by atoms with Gasteiger partial charge in [0.05, 0.1) is 12.3 Å². The van der Waals surface area contributed by atoms with Crippen molar-refractivity contribution in [3.8, 4) is 0 Å². The smallest absolute Gasteiger partial charge is 0.121 e. The lowest BCUT2D eigenvalue weighted by Gasteiger charge is -2.05. The first-order valence-corrected chi connectivity index (χ1v) is 3.28. The van der Waals surface area contributed by atoms with Gasteiger partial charge in [0.15, 0.2) is 0 Å². The first kappa shape index (κ1) is 7.31. The molecule has 0 saturated carbocycles. The number of nitrogens with two attached hydrogens (primary N) is 1. The molecule has 0 aromatic carbocycles. The maximum absolute atomic E-state index is 5.69. The van der Waals surface area contributed by atoms with Gasteiger partial charge < -0.3 is 15.5 Å². The third-order valence-corrected chi connectivity index (χ3v) is 1.33. The summed E-state index contributed by atoms with van der Waals surface area (Å²) in [6.07, 6.45) is 1.63. The Morgan fingerprint density at radius 3 is 3.10 bits per heavy atom. The van der Waals surface area contributed by atoms with Gasteiger partial charge in [-0.15, -0.1) is 0 Å². The van der Waals surface area contributed by atoms with Crippen LogP contribution in [-0.4, -0.2) is 13.6 Å². The molecular weight excluding hydrogens is 128 g/mol. The Labute approximate surface area is 60.2 Å². The van der Waals surface area contributed by atoms with Crippen LogP contribution in [0.25, 0.3) is 0 Å². The topological polar surface area (TPSA) is 51.2 Å². The standard InChI is InChI=1S/C7H12N2O/c1-9-5-6(8)7-3-2-4-10-7/h2-4,6,9H,5,8H2,1H3. The predicted octanol–water partition coefficient (Wildman–Crippen LogP) is 0.499. The Morgan fingerprint density at radius 2 is 2.60 bits per heavy atom. The molecule has 1 atom stereocenters. The zero-order valence-electron chi connectivity index (χ0n) is 6.00. The van der Waals surface area contributed by atoms with Crippen LogP contribution in [-0.2, 0) is 0 Å². The molecule has 1 aromatic rings. The van der Waals surface area contributed by atoms with Crippen molar-refractivity contribution in [1.29, 1.82) is 0 Å². The second-order valence-electron chi connectivity index (χ2n) is 2.18. The molecule has 1 heterocycles. The minimum Gasteiger partial charge on any atom is -0.468 e. The Bertz CT molecular complexity index is 172. The molecule has 0 aliphatic heterocycles. The van der Waals surface area contributed by atoms with Gasteiger partial charge in [0, 0.05) is 6.54 Å². The summed E-state index contributed by atoms with van der Waals surface area (Å²) in [5.41, 5.74) is 5.69. The Balaban J connectivity index is 2.50. The fourth-order valence-corrected chi connectivity index (χ4v) is 0.823. The van der Waals surface area contributed by atoms with Crippen LogP contribution < -0.4 is 11.1 Å². The summed E-state index contributed by atoms with van der Waals surface area (Å²) in [6, 6.07) is 3.69. The summed E-state index contributed by atoms with van der Waals surface area (Å²) < 4.78 is 5.08. The molecule has 1 rings (SSSR count). The molecule has 0 radical (unpaired) electrons. The highest BCUT2D eigenvalue weighted by Crippen LogP contribution is 2.08. The van der Waals surface area contributed by atoms with Crippen molar-refractivity contribution in [1.82, 2.24) is 5.32 Å². The van der Waals surface area contributed by atoms with Crippen molar-refractivity contribution in [2.45, 2.75) is 6.04 Å². The van der Waals surface area contributed by atoms with Gasteiger partial charge >= 0.3 is 0 Å². The van der Waals surface area contributed by atoms with Crippen LogP contribution in [0, 0.1) is 0 Å². The number of hydrogen-bond donors (Lipinski definition) is 2. The molecule has 56 valence electrons. The molecule has 0 aliphatic carbocycles. The molecule has 0 amide bonds. The zero-order chi connectivity index (χ0) is 7.40. The van der Waals surface area contributed by atoms with Crippen LogP contribution in [0.4, 0.5) is 0 Å². The van der Waals surface area contributed by atoms with E-state index in [1.807, 2.05) is 19.2 Å². The molecule has 3 nitrogen and oxygen atoms in total. The highest BCUT2D eigenvalue weighted by molar-refractivity contribution is 5.03. The minimum atomic E-state index is -0.0278. The van der Waals surface area contributed by atoms with Gasteiger partial charge in [-0.05, 0) is 19.2 Å². The van der Waals surface area contributed by atoms with Gasteiger partial charge in [0.2, 0.25) is 0 Å². The van der Waals surface area contributed by atoms with Crippen molar-refractivity contribution in [3.63, 3.8) is 0 Å². The van der Waals surface area contributed by atoms with Crippen molar-refractivity contribution in [2.75, 3.05) is 13.6 Å². The second-order valence-corrected chi connectivity index (χ2v) is 2.18. The van der Waals surface area contributed by atoms with E-state index in [0.717, 1.165) is 12.3 Å². The average molecular weight is 140 g/mol. The van der Waals surface area contributed by atoms with Gasteiger partial charge in [-0.1, -0.05) is 0 Å². The molecule has 3 N–H and O–H groups in total. The van der Waals surface area contributed by atoms with Crippen LogP contribution in [0.15, 0.2) is 22.8 Å². The summed E-state index contributed by atoms with van der Waals surface area (Å²) in [5.74, 6) is 0.828. The van der Waals surface area contributed by atoms with Gasteiger partial charge in [-0.2, -0.15) is 0 Å². The third-order valence-electron chi connectivity index (χ3n) is 1.33. The lowest BCUT2D eigenvalue weighted by Crippen LogP contribution is -2.23. The van der Waals surface area contributed by atoms with Crippen LogP contribution in [0.3, 0.4) is 0 Å². The van der Waals surface area contributed by atoms with Gasteiger partial charge in [-0.25, -0.2) is 0 Å². The van der Waals surface area contributed by atoms with Crippen molar-refractivity contribution in [2.24, 2.45) is 5.73 Å². The van der Waals surface area contributed by atoms with E-state index in [1.54, 1.807) is 6.26 Å². The summed E-state index contributed by atoms with van der Waals surface area (Å²) >= 11 is 0. The maximum Gasteiger partial charge on any atom is 0.121 e. The highest BCUT2D eigenvalue weighted by Gasteiger charge is 2.05. The van der Waals surface area contributed by atoms with E-state index < -0.39 is 0 Å². The largest absolute Gasteiger partial charge is 0.468 e. The molecule has 10 heavy (non-hydrogen) atoms. The Morgan fingerprint density at radius 1 is 1.80 bits per heavy atom. The molecule has 1 aromatic heterocycles. The Hall–Kier alpha value is -0.800. The summed E-state index contributed by atoms with van der Waals surface area (Å²) in [5, 5.41) is 2.97. The monoisotopic (exact) mass is 140 g/mol. The zero-order valence-corrected chi connectivity index (χ0v) is 6.00. The number of likely N-dealkylation sites (N-methyl/N-ethyl adjacent to an activating group) is 1. The minimum absolute atomic E-state index is 0.0278. The molecule has 0 spiro atoms. The second kappa shape index (κ2) is 3.39. The quantitative estimate of drug-likeness (QED) is 0.642. The normalized spacial score (nSPS) is 13.4. The first-order valence-electron chi connectivity index (χ1n) is 3.28. The molecule has 0 fully saturated rings. The lowest BCUT2D eigenvalue weighted by molar-refractivity contribution is 0.458. The fourth-order valence-electron chi connectivity index (χ4n) is 0.823. The van der Waals surface area contributed by atoms with Crippen LogP contribution in [0.5, 0.6) is 0 Å². The first-order chi connectivity index (χ1) is 4.84. The number of nitrogens with one attached hydrogen (secondary N) is 1. The summed E-state index contributed by atoms with van der Waals surface area (Å²) in [7, 11) is 1.86. The summed E-state index contributed by atoms with van der Waals surface area (Å²) in [4.78, 5) is 0. The molecule has 1 unspecified atom stereocenters. The van der Waals surface area contributed by atoms with E-state index in [2.05, 4.69) is 5.32 Å². The number of furan rings is 1. The predicted molar refractivity (Wildman–Crippen MR) is 39.6 cm³/mol. The maximum atomic E-state index is 5.69. The SMILES string of the molecule is CNCC(N)c1ccco1. The third kappa shape index (κ3) is 1.59. The van der Waals surface area contributed by atoms with Crippen LogP contribution in [0.2, 0.25) is 0 Å².